The molecule has 0 aliphatic carbocycles. The van der Waals surface area contributed by atoms with Crippen molar-refractivity contribution >= 4 is 29.3 Å². The van der Waals surface area contributed by atoms with E-state index in [2.05, 4.69) is 27.7 Å². The second-order valence-electron chi connectivity index (χ2n) is 5.69. The average Bonchev–Trinajstić information content (AvgIpc) is 3.15. The van der Waals surface area contributed by atoms with Crippen molar-refractivity contribution in [3.63, 3.8) is 0 Å². The van der Waals surface area contributed by atoms with Gasteiger partial charge in [-0.15, -0.1) is 11.8 Å². The lowest BCUT2D eigenvalue weighted by Crippen LogP contribution is -2.52. The predicted octanol–water partition coefficient (Wildman–Crippen LogP) is 0.114. The van der Waals surface area contributed by atoms with Gasteiger partial charge in [-0.1, -0.05) is 18.2 Å². The molecule has 0 bridgehead atoms. The molecule has 1 aromatic rings. The fraction of sp³-hybridized carbons (Fsp3) is 0.500. The van der Waals surface area contributed by atoms with Crippen LogP contribution in [0.1, 0.15) is 0 Å². The van der Waals surface area contributed by atoms with Crippen molar-refractivity contribution in [2.24, 2.45) is 0 Å². The van der Waals surface area contributed by atoms with E-state index in [4.69, 9.17) is 0 Å². The third kappa shape index (κ3) is 4.17. The molecule has 1 atom stereocenters. The summed E-state index contributed by atoms with van der Waals surface area (Å²) in [5.41, 5.74) is 1.19. The molecule has 2 heterocycles. The minimum absolute atomic E-state index is 0.00304. The van der Waals surface area contributed by atoms with Crippen LogP contribution in [0.5, 0.6) is 0 Å². The van der Waals surface area contributed by atoms with Gasteiger partial charge < -0.3 is 15.1 Å². The lowest BCUT2D eigenvalue weighted by molar-refractivity contribution is -0.133. The van der Waals surface area contributed by atoms with Crippen molar-refractivity contribution in [1.29, 1.82) is 0 Å². The number of amides is 2. The maximum atomic E-state index is 12.2. The lowest BCUT2D eigenvalue weighted by Gasteiger charge is -2.36. The van der Waals surface area contributed by atoms with Crippen LogP contribution in [0.2, 0.25) is 0 Å². The van der Waals surface area contributed by atoms with E-state index in [1.807, 2.05) is 23.1 Å². The van der Waals surface area contributed by atoms with Gasteiger partial charge in [0.2, 0.25) is 11.8 Å². The summed E-state index contributed by atoms with van der Waals surface area (Å²) in [5.74, 6) is 1.49. The molecule has 2 N–H and O–H groups in total. The molecule has 7 heteroatoms. The van der Waals surface area contributed by atoms with E-state index in [1.54, 1.807) is 11.8 Å². The number of thioether (sulfide) groups is 1. The summed E-state index contributed by atoms with van der Waals surface area (Å²) in [6, 6.07) is 10.1. The highest BCUT2D eigenvalue weighted by Gasteiger charge is 2.25. The number of hydrogen-bond acceptors (Lipinski definition) is 5. The fourth-order valence-electron chi connectivity index (χ4n) is 2.81. The van der Waals surface area contributed by atoms with Crippen LogP contribution in [0.3, 0.4) is 0 Å². The molecular weight excluding hydrogens is 312 g/mol. The Morgan fingerprint density at radius 3 is 2.57 bits per heavy atom. The zero-order valence-corrected chi connectivity index (χ0v) is 13.8. The molecule has 0 spiro atoms. The zero-order chi connectivity index (χ0) is 16.1. The second-order valence-corrected chi connectivity index (χ2v) is 6.72. The van der Waals surface area contributed by atoms with Gasteiger partial charge in [-0.3, -0.25) is 14.9 Å². The first-order valence-corrected chi connectivity index (χ1v) is 9.06. The Bertz CT molecular complexity index is 540. The first kappa shape index (κ1) is 16.1. The van der Waals surface area contributed by atoms with E-state index in [0.29, 0.717) is 13.1 Å². The molecule has 2 aliphatic heterocycles. The van der Waals surface area contributed by atoms with Gasteiger partial charge in [0.1, 0.15) is 0 Å². The summed E-state index contributed by atoms with van der Waals surface area (Å²) >= 11 is 1.70. The predicted molar refractivity (Wildman–Crippen MR) is 92.5 cm³/mol. The van der Waals surface area contributed by atoms with Gasteiger partial charge in [-0.05, 0) is 12.1 Å². The number of rotatable bonds is 4. The molecule has 3 rings (SSSR count). The van der Waals surface area contributed by atoms with Crippen LogP contribution in [0.25, 0.3) is 0 Å². The van der Waals surface area contributed by atoms with Crippen molar-refractivity contribution in [1.82, 2.24) is 15.5 Å². The Hall–Kier alpha value is -1.73. The van der Waals surface area contributed by atoms with E-state index in [-0.39, 0.29) is 24.4 Å². The monoisotopic (exact) mass is 334 g/mol. The topological polar surface area (TPSA) is 64.7 Å². The number of para-hydroxylation sites is 1. The molecule has 0 aromatic heterocycles. The van der Waals surface area contributed by atoms with Gasteiger partial charge in [-0.25, -0.2) is 0 Å². The molecule has 2 amide bonds. The van der Waals surface area contributed by atoms with E-state index in [1.165, 1.54) is 5.69 Å². The van der Waals surface area contributed by atoms with Crippen LogP contribution in [0.4, 0.5) is 5.69 Å². The quantitative estimate of drug-likeness (QED) is 0.818. The Morgan fingerprint density at radius 2 is 1.91 bits per heavy atom. The van der Waals surface area contributed by atoms with Crippen molar-refractivity contribution in [3.05, 3.63) is 30.3 Å². The number of carbonyl (C=O) groups is 2. The van der Waals surface area contributed by atoms with Gasteiger partial charge in [0.15, 0.2) is 0 Å². The van der Waals surface area contributed by atoms with Crippen molar-refractivity contribution in [2.75, 3.05) is 49.3 Å². The Morgan fingerprint density at radius 1 is 1.17 bits per heavy atom. The average molecular weight is 334 g/mol. The standard InChI is InChI=1S/C16H22N4O2S/c21-15(10-17-16(22)14-11-23-12-18-14)20-8-6-19(7-9-20)13-4-2-1-3-5-13/h1-5,14,18H,6-12H2,(H,17,22). The van der Waals surface area contributed by atoms with Gasteiger partial charge >= 0.3 is 0 Å². The van der Waals surface area contributed by atoms with E-state index in [9.17, 15) is 9.59 Å². The first-order valence-electron chi connectivity index (χ1n) is 7.90. The highest BCUT2D eigenvalue weighted by molar-refractivity contribution is 7.99. The van der Waals surface area contributed by atoms with E-state index in [0.717, 1.165) is 24.7 Å². The minimum Gasteiger partial charge on any atom is -0.368 e. The molecule has 6 nitrogen and oxygen atoms in total. The summed E-state index contributed by atoms with van der Waals surface area (Å²) < 4.78 is 0. The highest BCUT2D eigenvalue weighted by atomic mass is 32.2. The summed E-state index contributed by atoms with van der Waals surface area (Å²) in [6.45, 7) is 3.13. The Balaban J connectivity index is 1.42. The van der Waals surface area contributed by atoms with Crippen LogP contribution in [0, 0.1) is 0 Å². The Kier molecular flexibility index (Phi) is 5.40. The maximum absolute atomic E-state index is 12.2. The number of nitrogens with zero attached hydrogens (tertiary/aromatic N) is 2. The van der Waals surface area contributed by atoms with Crippen LogP contribution in [-0.2, 0) is 9.59 Å². The summed E-state index contributed by atoms with van der Waals surface area (Å²) in [4.78, 5) is 28.2. The molecule has 2 aliphatic rings. The van der Waals surface area contributed by atoms with Gasteiger partial charge in [0.05, 0.1) is 12.6 Å². The number of hydrogen-bond donors (Lipinski definition) is 2. The van der Waals surface area contributed by atoms with Crippen molar-refractivity contribution in [3.8, 4) is 0 Å². The molecule has 1 unspecified atom stereocenters. The smallest absolute Gasteiger partial charge is 0.242 e. The van der Waals surface area contributed by atoms with Gasteiger partial charge in [0, 0.05) is 43.5 Å². The van der Waals surface area contributed by atoms with Crippen molar-refractivity contribution < 1.29 is 9.59 Å². The van der Waals surface area contributed by atoms with Crippen LogP contribution < -0.4 is 15.5 Å². The number of piperazine rings is 1. The molecule has 23 heavy (non-hydrogen) atoms. The third-order valence-electron chi connectivity index (χ3n) is 4.20. The molecule has 2 saturated heterocycles. The van der Waals surface area contributed by atoms with Gasteiger partial charge in [-0.2, -0.15) is 0 Å². The number of benzene rings is 1. The lowest BCUT2D eigenvalue weighted by atomic mass is 10.2. The second kappa shape index (κ2) is 7.70. The van der Waals surface area contributed by atoms with E-state index < -0.39 is 0 Å². The van der Waals surface area contributed by atoms with Crippen LogP contribution in [0.15, 0.2) is 30.3 Å². The fourth-order valence-corrected chi connectivity index (χ4v) is 3.76. The normalized spacial score (nSPS) is 21.3. The molecule has 0 saturated carbocycles. The molecular formula is C16H22N4O2S. The van der Waals surface area contributed by atoms with Crippen molar-refractivity contribution in [2.45, 2.75) is 6.04 Å². The van der Waals surface area contributed by atoms with E-state index >= 15 is 0 Å². The summed E-state index contributed by atoms with van der Waals surface area (Å²) in [7, 11) is 0. The molecule has 0 radical (unpaired) electrons. The maximum Gasteiger partial charge on any atom is 0.242 e. The SMILES string of the molecule is O=C(NCC(=O)N1CCN(c2ccccc2)CC1)C1CSCN1. The number of carbonyl (C=O) groups excluding carboxylic acids is 2. The third-order valence-corrected chi connectivity index (χ3v) is 5.14. The summed E-state index contributed by atoms with van der Waals surface area (Å²) in [5, 5.41) is 5.85. The molecule has 124 valence electrons. The van der Waals surface area contributed by atoms with Crippen LogP contribution in [-0.4, -0.2) is 67.1 Å². The largest absolute Gasteiger partial charge is 0.368 e. The summed E-state index contributed by atoms with van der Waals surface area (Å²) in [6.07, 6.45) is 0. The molecule has 2 fully saturated rings. The number of anilines is 1. The minimum atomic E-state index is -0.164. The van der Waals surface area contributed by atoms with Gasteiger partial charge in [0.25, 0.3) is 0 Å². The Labute approximate surface area is 140 Å². The highest BCUT2D eigenvalue weighted by Crippen LogP contribution is 2.15. The first-order chi connectivity index (χ1) is 11.2. The number of nitrogens with one attached hydrogen (secondary N) is 2. The van der Waals surface area contributed by atoms with Crippen LogP contribution >= 0.6 is 11.8 Å². The molecule has 1 aromatic carbocycles. The zero-order valence-electron chi connectivity index (χ0n) is 13.0.